The second-order valence-corrected chi connectivity index (χ2v) is 12.2. The molecule has 0 spiro atoms. The number of fused-ring (bicyclic) bond motifs is 1. The van der Waals surface area contributed by atoms with Gasteiger partial charge in [-0.05, 0) is 76.3 Å². The molecule has 1 fully saturated rings. The van der Waals surface area contributed by atoms with Gasteiger partial charge in [-0.1, -0.05) is 6.07 Å². The van der Waals surface area contributed by atoms with Crippen LogP contribution in [0.15, 0.2) is 11.0 Å². The molecule has 0 bridgehead atoms. The lowest BCUT2D eigenvalue weighted by molar-refractivity contribution is 0.141. The number of anilines is 1. The fraction of sp³-hybridized carbons (Fsp3) is 0.500. The Labute approximate surface area is 200 Å². The molecule has 0 radical (unpaired) electrons. The van der Waals surface area contributed by atoms with Crippen LogP contribution in [0.5, 0.6) is 0 Å². The molecule has 4 rings (SSSR count). The summed E-state index contributed by atoms with van der Waals surface area (Å²) in [4.78, 5) is 14.2. The van der Waals surface area contributed by atoms with Crippen molar-refractivity contribution in [3.05, 3.63) is 44.6 Å². The van der Waals surface area contributed by atoms with E-state index in [1.807, 2.05) is 27.7 Å². The van der Waals surface area contributed by atoms with Crippen molar-refractivity contribution in [2.75, 3.05) is 31.9 Å². The lowest BCUT2D eigenvalue weighted by Gasteiger charge is -2.37. The van der Waals surface area contributed by atoms with Gasteiger partial charge in [0.15, 0.2) is 0 Å². The van der Waals surface area contributed by atoms with E-state index in [2.05, 4.69) is 36.7 Å². The maximum atomic E-state index is 13.6. The van der Waals surface area contributed by atoms with E-state index in [0.29, 0.717) is 42.7 Å². The first kappa shape index (κ1) is 24.1. The van der Waals surface area contributed by atoms with Crippen LogP contribution >= 0.6 is 11.3 Å². The van der Waals surface area contributed by atoms with Gasteiger partial charge in [0, 0.05) is 31.1 Å². The molecule has 1 atom stereocenters. The summed E-state index contributed by atoms with van der Waals surface area (Å²) < 4.78 is 28.8. The van der Waals surface area contributed by atoms with Crippen LogP contribution in [0.1, 0.15) is 51.5 Å². The molecule has 7 nitrogen and oxygen atoms in total. The van der Waals surface area contributed by atoms with Crippen molar-refractivity contribution >= 4 is 37.4 Å². The first-order chi connectivity index (χ1) is 15.4. The molecule has 178 valence electrons. The minimum atomic E-state index is -3.56. The van der Waals surface area contributed by atoms with Gasteiger partial charge >= 0.3 is 0 Å². The van der Waals surface area contributed by atoms with Crippen LogP contribution < -0.4 is 5.73 Å². The molecule has 3 aromatic rings. The van der Waals surface area contributed by atoms with Gasteiger partial charge in [-0.15, -0.1) is 11.3 Å². The van der Waals surface area contributed by atoms with Gasteiger partial charge in [0.2, 0.25) is 10.0 Å². The Balaban J connectivity index is 1.55. The number of sulfonamides is 1. The van der Waals surface area contributed by atoms with Crippen molar-refractivity contribution in [2.24, 2.45) is 0 Å². The first-order valence-electron chi connectivity index (χ1n) is 11.3. The monoisotopic (exact) mass is 487 g/mol. The molecule has 0 amide bonds. The van der Waals surface area contributed by atoms with Crippen LogP contribution in [0.2, 0.25) is 0 Å². The molecule has 2 N–H and O–H groups in total. The number of nitrogens with zero attached hydrogens (tertiary/aromatic N) is 4. The Morgan fingerprint density at radius 2 is 1.52 bits per heavy atom. The standard InChI is InChI=1S/C24H33N5O2S2/c1-13-12-14(2)16(4)21(15(13)3)33(30,31)29-10-8-28(9-11-29)18(6)23-26-22(25)20-17(5)19(7)32-24(20)27-23/h12,18H,8-11H2,1-7H3,(H2,25,26,27). The zero-order chi connectivity index (χ0) is 24.2. The Bertz CT molecular complexity index is 1310. The SMILES string of the molecule is Cc1cc(C)c(C)c(S(=O)(=O)N2CCN(C(C)c3nc(N)c4c(C)c(C)sc4n3)CC2)c1C. The highest BCUT2D eigenvalue weighted by Gasteiger charge is 2.33. The third kappa shape index (κ3) is 4.05. The molecule has 1 saturated heterocycles. The highest BCUT2D eigenvalue weighted by molar-refractivity contribution is 7.89. The Hall–Kier alpha value is -2.07. The van der Waals surface area contributed by atoms with Crippen molar-refractivity contribution in [1.82, 2.24) is 19.2 Å². The number of aryl methyl sites for hydroxylation is 4. The quantitative estimate of drug-likeness (QED) is 0.593. The van der Waals surface area contributed by atoms with Crippen molar-refractivity contribution in [3.8, 4) is 0 Å². The van der Waals surface area contributed by atoms with Crippen LogP contribution in [0, 0.1) is 41.5 Å². The Morgan fingerprint density at radius 3 is 2.09 bits per heavy atom. The Morgan fingerprint density at radius 1 is 0.939 bits per heavy atom. The topological polar surface area (TPSA) is 92.4 Å². The number of nitrogens with two attached hydrogens (primary N) is 1. The van der Waals surface area contributed by atoms with E-state index >= 15 is 0 Å². The molecule has 1 aromatic carbocycles. The van der Waals surface area contributed by atoms with E-state index in [0.717, 1.165) is 38.0 Å². The van der Waals surface area contributed by atoms with Crippen LogP contribution in [0.4, 0.5) is 5.82 Å². The van der Waals surface area contributed by atoms with E-state index in [-0.39, 0.29) is 6.04 Å². The Kier molecular flexibility index (Phi) is 6.28. The summed E-state index contributed by atoms with van der Waals surface area (Å²) >= 11 is 1.64. The third-order valence-corrected chi connectivity index (χ3v) is 10.4. The van der Waals surface area contributed by atoms with Gasteiger partial charge in [0.25, 0.3) is 0 Å². The number of thiophene rings is 1. The molecule has 9 heteroatoms. The van der Waals surface area contributed by atoms with E-state index in [4.69, 9.17) is 10.7 Å². The molecular formula is C24H33N5O2S2. The summed E-state index contributed by atoms with van der Waals surface area (Å²) in [6.45, 7) is 16.0. The number of nitrogen functional groups attached to an aromatic ring is 1. The predicted molar refractivity (Wildman–Crippen MR) is 135 cm³/mol. The zero-order valence-electron chi connectivity index (χ0n) is 20.5. The summed E-state index contributed by atoms with van der Waals surface area (Å²) in [6.07, 6.45) is 0. The van der Waals surface area contributed by atoms with Gasteiger partial charge in [-0.25, -0.2) is 18.4 Å². The second kappa shape index (κ2) is 8.61. The average Bonchev–Trinajstić information content (AvgIpc) is 3.05. The first-order valence-corrected chi connectivity index (χ1v) is 13.5. The number of aromatic nitrogens is 2. The minimum Gasteiger partial charge on any atom is -0.383 e. The van der Waals surface area contributed by atoms with Crippen LogP contribution in [-0.2, 0) is 10.0 Å². The van der Waals surface area contributed by atoms with Crippen LogP contribution in [-0.4, -0.2) is 53.8 Å². The number of piperazine rings is 1. The largest absolute Gasteiger partial charge is 0.383 e. The highest BCUT2D eigenvalue weighted by atomic mass is 32.2. The maximum absolute atomic E-state index is 13.6. The van der Waals surface area contributed by atoms with Gasteiger partial charge < -0.3 is 5.73 Å². The summed E-state index contributed by atoms with van der Waals surface area (Å²) in [5.74, 6) is 1.21. The summed E-state index contributed by atoms with van der Waals surface area (Å²) in [7, 11) is -3.56. The zero-order valence-corrected chi connectivity index (χ0v) is 22.1. The molecule has 1 aliphatic heterocycles. The molecule has 33 heavy (non-hydrogen) atoms. The highest BCUT2D eigenvalue weighted by Crippen LogP contribution is 2.34. The van der Waals surface area contributed by atoms with Gasteiger partial charge in [0.1, 0.15) is 16.5 Å². The number of rotatable bonds is 4. The fourth-order valence-electron chi connectivity index (χ4n) is 4.68. The molecule has 3 heterocycles. The normalized spacial score (nSPS) is 17.1. The summed E-state index contributed by atoms with van der Waals surface area (Å²) in [5, 5.41) is 0.948. The number of hydrogen-bond acceptors (Lipinski definition) is 7. The van der Waals surface area contributed by atoms with E-state index < -0.39 is 10.0 Å². The lowest BCUT2D eigenvalue weighted by Crippen LogP contribution is -2.49. The van der Waals surface area contributed by atoms with E-state index in [1.165, 1.54) is 4.88 Å². The average molecular weight is 488 g/mol. The van der Waals surface area contributed by atoms with Crippen molar-refractivity contribution in [1.29, 1.82) is 0 Å². The van der Waals surface area contributed by atoms with Crippen molar-refractivity contribution in [3.63, 3.8) is 0 Å². The molecule has 1 unspecified atom stereocenters. The summed E-state index contributed by atoms with van der Waals surface area (Å²) in [5.41, 5.74) is 11.1. The van der Waals surface area contributed by atoms with Gasteiger partial charge in [-0.3, -0.25) is 4.90 Å². The molecular weight excluding hydrogens is 454 g/mol. The van der Waals surface area contributed by atoms with E-state index in [1.54, 1.807) is 15.6 Å². The van der Waals surface area contributed by atoms with Crippen LogP contribution in [0.25, 0.3) is 10.2 Å². The third-order valence-electron chi connectivity index (χ3n) is 7.16. The number of benzene rings is 1. The molecule has 1 aliphatic rings. The smallest absolute Gasteiger partial charge is 0.243 e. The molecule has 2 aromatic heterocycles. The lowest BCUT2D eigenvalue weighted by atomic mass is 10.0. The van der Waals surface area contributed by atoms with Gasteiger partial charge in [0.05, 0.1) is 16.3 Å². The van der Waals surface area contributed by atoms with E-state index in [9.17, 15) is 8.42 Å². The van der Waals surface area contributed by atoms with Crippen molar-refractivity contribution in [2.45, 2.75) is 59.4 Å². The molecule has 0 aliphatic carbocycles. The van der Waals surface area contributed by atoms with Crippen molar-refractivity contribution < 1.29 is 8.42 Å². The second-order valence-electron chi connectivity index (χ2n) is 9.14. The minimum absolute atomic E-state index is 0.0473. The predicted octanol–water partition coefficient (Wildman–Crippen LogP) is 4.19. The van der Waals surface area contributed by atoms with Gasteiger partial charge in [-0.2, -0.15) is 4.31 Å². The number of hydrogen-bond donors (Lipinski definition) is 1. The molecule has 0 saturated carbocycles. The fourth-order valence-corrected chi connectivity index (χ4v) is 7.72. The maximum Gasteiger partial charge on any atom is 0.243 e. The van der Waals surface area contributed by atoms with Crippen LogP contribution in [0.3, 0.4) is 0 Å². The summed E-state index contributed by atoms with van der Waals surface area (Å²) in [6, 6.07) is 2.01.